The number of hydrogen-bond acceptors (Lipinski definition) is 7. The van der Waals surface area contributed by atoms with Crippen LogP contribution >= 0.6 is 11.3 Å². The van der Waals surface area contributed by atoms with Crippen LogP contribution in [0.3, 0.4) is 0 Å². The van der Waals surface area contributed by atoms with E-state index in [0.29, 0.717) is 16.1 Å². The number of hydrogen-bond donors (Lipinski definition) is 1. The Hall–Kier alpha value is -2.61. The highest BCUT2D eigenvalue weighted by molar-refractivity contribution is 7.13. The number of aryl methyl sites for hydroxylation is 1. The van der Waals surface area contributed by atoms with Gasteiger partial charge in [0.15, 0.2) is 0 Å². The molecule has 7 nitrogen and oxygen atoms in total. The fourth-order valence-corrected chi connectivity index (χ4v) is 3.17. The molecule has 2 heterocycles. The lowest BCUT2D eigenvalue weighted by molar-refractivity contribution is 0.0450. The number of thiophene rings is 1. The molecule has 140 valence electrons. The van der Waals surface area contributed by atoms with Crippen molar-refractivity contribution in [3.63, 3.8) is 0 Å². The van der Waals surface area contributed by atoms with Gasteiger partial charge in [-0.2, -0.15) is 0 Å². The number of rotatable bonds is 7. The van der Waals surface area contributed by atoms with E-state index in [9.17, 15) is 14.4 Å². The minimum atomic E-state index is -0.588. The van der Waals surface area contributed by atoms with Gasteiger partial charge in [0.25, 0.3) is 0 Å². The molecule has 0 fully saturated rings. The normalized spacial score (nSPS) is 10.5. The van der Waals surface area contributed by atoms with Crippen molar-refractivity contribution in [2.24, 2.45) is 0 Å². The largest absolute Gasteiger partial charge is 0.462 e. The molecule has 0 radical (unpaired) electrons. The number of carbonyl (C=O) groups excluding carboxylic acids is 3. The molecule has 0 saturated carbocycles. The maximum Gasteiger partial charge on any atom is 0.355 e. The Morgan fingerprint density at radius 3 is 2.19 bits per heavy atom. The van der Waals surface area contributed by atoms with E-state index in [1.54, 1.807) is 26.8 Å². The molecule has 2 aromatic rings. The third-order valence-electron chi connectivity index (χ3n) is 3.58. The summed E-state index contributed by atoms with van der Waals surface area (Å²) in [6.07, 6.45) is 0. The van der Waals surface area contributed by atoms with Crippen LogP contribution in [-0.2, 0) is 20.8 Å². The summed E-state index contributed by atoms with van der Waals surface area (Å²) >= 11 is 1.32. The standard InChI is InChI=1S/C18H21NO6S/c1-5-23-17(21)14-11(4)15(18(22)24-6-2)19-12(14)9-25-16(20)13-8-7-10(3)26-13/h7-8,19H,5-6,9H2,1-4H3. The van der Waals surface area contributed by atoms with Gasteiger partial charge in [0.05, 0.1) is 24.5 Å². The molecular formula is C18H21NO6S. The fourth-order valence-electron chi connectivity index (χ4n) is 2.41. The second-order valence-corrected chi connectivity index (χ2v) is 6.69. The van der Waals surface area contributed by atoms with E-state index in [1.165, 1.54) is 11.3 Å². The first kappa shape index (κ1) is 19.7. The first-order chi connectivity index (χ1) is 12.4. The highest BCUT2D eigenvalue weighted by atomic mass is 32.1. The number of nitrogens with one attached hydrogen (secondary N) is 1. The molecule has 0 aliphatic rings. The first-order valence-corrected chi connectivity index (χ1v) is 8.99. The third-order valence-corrected chi connectivity index (χ3v) is 4.56. The molecule has 8 heteroatoms. The molecule has 0 unspecified atom stereocenters. The van der Waals surface area contributed by atoms with Gasteiger partial charge in [-0.05, 0) is 45.4 Å². The second-order valence-electron chi connectivity index (χ2n) is 5.41. The quantitative estimate of drug-likeness (QED) is 0.585. The Morgan fingerprint density at radius 2 is 1.62 bits per heavy atom. The van der Waals surface area contributed by atoms with E-state index in [-0.39, 0.29) is 31.1 Å². The molecular weight excluding hydrogens is 358 g/mol. The molecule has 0 spiro atoms. The molecule has 0 aliphatic heterocycles. The summed E-state index contributed by atoms with van der Waals surface area (Å²) in [4.78, 5) is 40.8. The molecule has 2 aromatic heterocycles. The summed E-state index contributed by atoms with van der Waals surface area (Å²) in [7, 11) is 0. The molecule has 0 saturated heterocycles. The van der Waals surface area contributed by atoms with Gasteiger partial charge in [-0.25, -0.2) is 14.4 Å². The molecule has 26 heavy (non-hydrogen) atoms. The maximum atomic E-state index is 12.3. The van der Waals surface area contributed by atoms with Crippen molar-refractivity contribution in [1.82, 2.24) is 4.98 Å². The number of esters is 3. The Labute approximate surface area is 155 Å². The zero-order valence-electron chi connectivity index (χ0n) is 15.1. The van der Waals surface area contributed by atoms with Crippen LogP contribution in [-0.4, -0.2) is 36.1 Å². The summed E-state index contributed by atoms with van der Waals surface area (Å²) in [6.45, 7) is 7.08. The van der Waals surface area contributed by atoms with Crippen molar-refractivity contribution in [2.45, 2.75) is 34.3 Å². The fraction of sp³-hybridized carbons (Fsp3) is 0.389. The van der Waals surface area contributed by atoms with Crippen molar-refractivity contribution in [2.75, 3.05) is 13.2 Å². The average Bonchev–Trinajstić information content (AvgIpc) is 3.16. The zero-order chi connectivity index (χ0) is 19.3. The van der Waals surface area contributed by atoms with Crippen LogP contribution in [0.15, 0.2) is 12.1 Å². The van der Waals surface area contributed by atoms with Crippen molar-refractivity contribution < 1.29 is 28.6 Å². The summed E-state index contributed by atoms with van der Waals surface area (Å²) in [5.74, 6) is -1.67. The van der Waals surface area contributed by atoms with E-state index >= 15 is 0 Å². The molecule has 1 N–H and O–H groups in total. The average molecular weight is 379 g/mol. The van der Waals surface area contributed by atoms with Crippen LogP contribution in [0.4, 0.5) is 0 Å². The van der Waals surface area contributed by atoms with E-state index in [1.807, 2.05) is 13.0 Å². The topological polar surface area (TPSA) is 94.7 Å². The van der Waals surface area contributed by atoms with Crippen LogP contribution in [0.1, 0.15) is 60.5 Å². The first-order valence-electron chi connectivity index (χ1n) is 8.18. The SMILES string of the molecule is CCOC(=O)c1[nH]c(COC(=O)c2ccc(C)s2)c(C(=O)OCC)c1C. The van der Waals surface area contributed by atoms with Gasteiger partial charge in [0.2, 0.25) is 0 Å². The van der Waals surface area contributed by atoms with Crippen molar-refractivity contribution >= 4 is 29.2 Å². The third kappa shape index (κ3) is 4.32. The lowest BCUT2D eigenvalue weighted by atomic mass is 10.1. The van der Waals surface area contributed by atoms with Crippen LogP contribution in [0.2, 0.25) is 0 Å². The van der Waals surface area contributed by atoms with Gasteiger partial charge in [-0.15, -0.1) is 11.3 Å². The van der Waals surface area contributed by atoms with Gasteiger partial charge in [-0.3, -0.25) is 0 Å². The Bertz CT molecular complexity index is 820. The lowest BCUT2D eigenvalue weighted by Crippen LogP contribution is -2.11. The van der Waals surface area contributed by atoms with Gasteiger partial charge in [-0.1, -0.05) is 0 Å². The lowest BCUT2D eigenvalue weighted by Gasteiger charge is -2.06. The van der Waals surface area contributed by atoms with Gasteiger partial charge >= 0.3 is 17.9 Å². The predicted molar refractivity (Wildman–Crippen MR) is 95.6 cm³/mol. The number of H-pyrrole nitrogens is 1. The monoisotopic (exact) mass is 379 g/mol. The molecule has 0 aromatic carbocycles. The van der Waals surface area contributed by atoms with Gasteiger partial charge in [0.1, 0.15) is 17.2 Å². The van der Waals surface area contributed by atoms with E-state index < -0.39 is 17.9 Å². The van der Waals surface area contributed by atoms with Gasteiger partial charge in [0, 0.05) is 4.88 Å². The number of aromatic nitrogens is 1. The highest BCUT2D eigenvalue weighted by Gasteiger charge is 2.26. The number of aromatic amines is 1. The number of carbonyl (C=O) groups is 3. The Balaban J connectivity index is 2.27. The Morgan fingerprint density at radius 1 is 0.962 bits per heavy atom. The molecule has 0 atom stereocenters. The molecule has 0 amide bonds. The van der Waals surface area contributed by atoms with Gasteiger partial charge < -0.3 is 19.2 Å². The minimum absolute atomic E-state index is 0.146. The summed E-state index contributed by atoms with van der Waals surface area (Å²) in [6, 6.07) is 3.50. The molecule has 0 bridgehead atoms. The minimum Gasteiger partial charge on any atom is -0.462 e. The van der Waals surface area contributed by atoms with Crippen LogP contribution in [0, 0.1) is 13.8 Å². The van der Waals surface area contributed by atoms with Crippen molar-refractivity contribution in [1.29, 1.82) is 0 Å². The maximum absolute atomic E-state index is 12.3. The highest BCUT2D eigenvalue weighted by Crippen LogP contribution is 2.23. The smallest absolute Gasteiger partial charge is 0.355 e. The second kappa shape index (κ2) is 8.66. The van der Waals surface area contributed by atoms with Crippen LogP contribution < -0.4 is 0 Å². The molecule has 0 aliphatic carbocycles. The van der Waals surface area contributed by atoms with E-state index in [0.717, 1.165) is 4.88 Å². The van der Waals surface area contributed by atoms with Crippen molar-refractivity contribution in [3.05, 3.63) is 44.4 Å². The van der Waals surface area contributed by atoms with E-state index in [2.05, 4.69) is 4.98 Å². The number of ether oxygens (including phenoxy) is 3. The van der Waals surface area contributed by atoms with Crippen molar-refractivity contribution in [3.8, 4) is 0 Å². The van der Waals surface area contributed by atoms with Crippen LogP contribution in [0.25, 0.3) is 0 Å². The molecule has 2 rings (SSSR count). The van der Waals surface area contributed by atoms with E-state index in [4.69, 9.17) is 14.2 Å². The summed E-state index contributed by atoms with van der Waals surface area (Å²) < 4.78 is 15.3. The summed E-state index contributed by atoms with van der Waals surface area (Å²) in [5, 5.41) is 0. The van der Waals surface area contributed by atoms with Crippen LogP contribution in [0.5, 0.6) is 0 Å². The zero-order valence-corrected chi connectivity index (χ0v) is 16.0. The summed E-state index contributed by atoms with van der Waals surface area (Å²) in [5.41, 5.74) is 1.03. The predicted octanol–water partition coefficient (Wildman–Crippen LogP) is 3.40. The Kier molecular flexibility index (Phi) is 6.57.